The van der Waals surface area contributed by atoms with Gasteiger partial charge in [-0.2, -0.15) is 0 Å². The van der Waals surface area contributed by atoms with Gasteiger partial charge in [0.2, 0.25) is 5.91 Å². The lowest BCUT2D eigenvalue weighted by Crippen LogP contribution is -2.63. The Morgan fingerprint density at radius 2 is 2.07 bits per heavy atom. The van der Waals surface area contributed by atoms with Crippen molar-refractivity contribution in [2.75, 3.05) is 20.2 Å². The van der Waals surface area contributed by atoms with Crippen LogP contribution in [-0.2, 0) is 18.8 Å². The van der Waals surface area contributed by atoms with Gasteiger partial charge < -0.3 is 24.3 Å². The molecule has 2 bridgehead atoms. The first kappa shape index (κ1) is 21.2. The molecule has 3 heterocycles. The van der Waals surface area contributed by atoms with Crippen molar-refractivity contribution in [1.29, 1.82) is 0 Å². The molecule has 0 aromatic heterocycles. The SMILES string of the molecule is CO[C@@H]([C@@H]1CCCN1)[C@@H](C)C(=O)N1CCC[C@H]1B1OC2C3CC(C[C@]2(C)O1)C3(C)C. The number of ether oxygens (including phenoxy) is 1. The molecule has 1 amide bonds. The number of nitrogens with zero attached hydrogens (tertiary/aromatic N) is 1. The third-order valence-electron chi connectivity index (χ3n) is 9.38. The fraction of sp³-hybridized carbons (Fsp3) is 0.957. The minimum absolute atomic E-state index is 0.0248. The highest BCUT2D eigenvalue weighted by molar-refractivity contribution is 6.48. The first-order valence-electron chi connectivity index (χ1n) is 12.2. The van der Waals surface area contributed by atoms with Crippen LogP contribution in [0.25, 0.3) is 0 Å². The van der Waals surface area contributed by atoms with Crippen molar-refractivity contribution < 1.29 is 18.8 Å². The van der Waals surface area contributed by atoms with Crippen LogP contribution in [0.4, 0.5) is 0 Å². The Kier molecular flexibility index (Phi) is 5.28. The summed E-state index contributed by atoms with van der Waals surface area (Å²) in [7, 11) is 1.44. The lowest BCUT2D eigenvalue weighted by atomic mass is 9.45. The summed E-state index contributed by atoms with van der Waals surface area (Å²) in [5.74, 6) is 1.35. The second-order valence-corrected chi connectivity index (χ2v) is 11.4. The Morgan fingerprint density at radius 3 is 2.73 bits per heavy atom. The number of hydrogen-bond acceptors (Lipinski definition) is 5. The van der Waals surface area contributed by atoms with Crippen LogP contribution in [0.2, 0.25) is 0 Å². The van der Waals surface area contributed by atoms with Crippen molar-refractivity contribution in [3.63, 3.8) is 0 Å². The normalized spacial score (nSPS) is 44.0. The van der Waals surface area contributed by atoms with Gasteiger partial charge in [-0.1, -0.05) is 20.8 Å². The average molecular weight is 418 g/mol. The Hall–Kier alpha value is -0.625. The topological polar surface area (TPSA) is 60.0 Å². The van der Waals surface area contributed by atoms with Gasteiger partial charge in [0, 0.05) is 19.7 Å². The van der Waals surface area contributed by atoms with Crippen LogP contribution in [0.15, 0.2) is 0 Å². The molecule has 168 valence electrons. The number of nitrogens with one attached hydrogen (secondary N) is 1. The molecular formula is C23H39BN2O4. The fourth-order valence-electron chi connectivity index (χ4n) is 7.37. The van der Waals surface area contributed by atoms with Crippen LogP contribution >= 0.6 is 0 Å². The number of amides is 1. The van der Waals surface area contributed by atoms with E-state index in [0.717, 1.165) is 51.1 Å². The average Bonchev–Trinajstić information content (AvgIpc) is 3.45. The fourth-order valence-corrected chi connectivity index (χ4v) is 7.37. The molecule has 6 nitrogen and oxygen atoms in total. The minimum Gasteiger partial charge on any atom is -0.404 e. The highest BCUT2D eigenvalue weighted by Gasteiger charge is 2.68. The van der Waals surface area contributed by atoms with Crippen LogP contribution in [0.5, 0.6) is 0 Å². The van der Waals surface area contributed by atoms with Crippen LogP contribution in [0.3, 0.4) is 0 Å². The minimum atomic E-state index is -0.292. The zero-order valence-electron chi connectivity index (χ0n) is 19.4. The Morgan fingerprint density at radius 1 is 1.27 bits per heavy atom. The van der Waals surface area contributed by atoms with Crippen LogP contribution in [0, 0.1) is 23.2 Å². The summed E-state index contributed by atoms with van der Waals surface area (Å²) in [5, 5.41) is 3.51. The molecule has 1 N–H and O–H groups in total. The third-order valence-corrected chi connectivity index (χ3v) is 9.38. The number of carbonyl (C=O) groups excluding carboxylic acids is 1. The summed E-state index contributed by atoms with van der Waals surface area (Å²) >= 11 is 0. The van der Waals surface area contributed by atoms with E-state index in [-0.39, 0.29) is 48.7 Å². The van der Waals surface area contributed by atoms with E-state index in [1.54, 1.807) is 7.11 Å². The van der Waals surface area contributed by atoms with Crippen molar-refractivity contribution in [2.24, 2.45) is 23.2 Å². The number of likely N-dealkylation sites (tertiary alicyclic amines) is 1. The van der Waals surface area contributed by atoms with Crippen molar-refractivity contribution >= 4 is 13.0 Å². The molecular weight excluding hydrogens is 379 g/mol. The van der Waals surface area contributed by atoms with Crippen LogP contribution < -0.4 is 5.32 Å². The summed E-state index contributed by atoms with van der Waals surface area (Å²) in [6.45, 7) is 10.8. The number of hydrogen-bond donors (Lipinski definition) is 1. The van der Waals surface area contributed by atoms with Gasteiger partial charge in [0.1, 0.15) is 0 Å². The molecule has 3 aliphatic heterocycles. The number of methoxy groups -OCH3 is 1. The zero-order chi connectivity index (χ0) is 21.3. The summed E-state index contributed by atoms with van der Waals surface area (Å²) < 4.78 is 19.0. The van der Waals surface area contributed by atoms with Gasteiger partial charge in [0.25, 0.3) is 0 Å². The second kappa shape index (κ2) is 7.46. The van der Waals surface area contributed by atoms with Crippen molar-refractivity contribution in [3.05, 3.63) is 0 Å². The summed E-state index contributed by atoms with van der Waals surface area (Å²) in [5.41, 5.74) is 0.154. The maximum Gasteiger partial charge on any atom is 0.481 e. The van der Waals surface area contributed by atoms with E-state index < -0.39 is 0 Å². The van der Waals surface area contributed by atoms with Gasteiger partial charge in [0.15, 0.2) is 0 Å². The summed E-state index contributed by atoms with van der Waals surface area (Å²) in [6, 6.07) is 0.268. The Bertz CT molecular complexity index is 684. The highest BCUT2D eigenvalue weighted by Crippen LogP contribution is 2.64. The highest BCUT2D eigenvalue weighted by atomic mass is 16.7. The monoisotopic (exact) mass is 418 g/mol. The molecule has 30 heavy (non-hydrogen) atoms. The molecule has 0 aromatic rings. The van der Waals surface area contributed by atoms with Gasteiger partial charge in [-0.15, -0.1) is 0 Å². The Labute approximate surface area is 181 Å². The van der Waals surface area contributed by atoms with E-state index in [1.807, 2.05) is 11.8 Å². The van der Waals surface area contributed by atoms with Gasteiger partial charge in [-0.25, -0.2) is 0 Å². The molecule has 3 unspecified atom stereocenters. The smallest absolute Gasteiger partial charge is 0.404 e. The van der Waals surface area contributed by atoms with Gasteiger partial charge in [0.05, 0.1) is 29.7 Å². The van der Waals surface area contributed by atoms with E-state index >= 15 is 0 Å². The second-order valence-electron chi connectivity index (χ2n) is 11.4. The Balaban J connectivity index is 1.29. The van der Waals surface area contributed by atoms with Crippen LogP contribution in [-0.4, -0.2) is 67.9 Å². The lowest BCUT2D eigenvalue weighted by molar-refractivity contribution is -0.185. The molecule has 6 aliphatic rings. The number of rotatable bonds is 5. The molecule has 7 heteroatoms. The molecule has 6 fully saturated rings. The predicted molar refractivity (Wildman–Crippen MR) is 116 cm³/mol. The molecule has 6 rings (SSSR count). The standard InChI is InChI=1S/C23H39BN2O4/c1-14(19(28-5)17-8-6-10-25-17)21(27)26-11-7-9-18(26)24-29-20-16-12-15(22(16,2)3)13-23(20,4)30-24/h14-20,25H,6-13H2,1-5H3/t14-,15?,16?,17+,18+,19-,20?,23+/m1/s1. The third kappa shape index (κ3) is 3.10. The first-order chi connectivity index (χ1) is 14.3. The van der Waals surface area contributed by atoms with E-state index in [2.05, 4.69) is 26.1 Å². The molecule has 3 aliphatic carbocycles. The van der Waals surface area contributed by atoms with Crippen molar-refractivity contribution in [2.45, 2.75) is 96.0 Å². The largest absolute Gasteiger partial charge is 0.481 e. The molecule has 0 spiro atoms. The number of carbonyl (C=O) groups is 1. The van der Waals surface area contributed by atoms with Gasteiger partial charge in [-0.05, 0) is 69.2 Å². The van der Waals surface area contributed by atoms with Crippen LogP contribution in [0.1, 0.15) is 66.2 Å². The van der Waals surface area contributed by atoms with Gasteiger partial charge in [-0.3, -0.25) is 4.79 Å². The summed E-state index contributed by atoms with van der Waals surface area (Å²) in [4.78, 5) is 15.6. The predicted octanol–water partition coefficient (Wildman–Crippen LogP) is 2.65. The van der Waals surface area contributed by atoms with Gasteiger partial charge >= 0.3 is 7.12 Å². The molecule has 3 saturated carbocycles. The molecule has 3 saturated heterocycles. The molecule has 8 atom stereocenters. The maximum absolute atomic E-state index is 13.5. The zero-order valence-corrected chi connectivity index (χ0v) is 19.4. The van der Waals surface area contributed by atoms with Crippen molar-refractivity contribution in [3.8, 4) is 0 Å². The maximum atomic E-state index is 13.5. The van der Waals surface area contributed by atoms with E-state index in [0.29, 0.717) is 11.3 Å². The van der Waals surface area contributed by atoms with E-state index in [1.165, 1.54) is 6.42 Å². The van der Waals surface area contributed by atoms with E-state index in [4.69, 9.17) is 14.0 Å². The molecule has 0 aromatic carbocycles. The lowest BCUT2D eigenvalue weighted by Gasteiger charge is -2.63. The quantitative estimate of drug-likeness (QED) is 0.696. The summed E-state index contributed by atoms with van der Waals surface area (Å²) in [6.07, 6.45) is 6.62. The van der Waals surface area contributed by atoms with E-state index in [9.17, 15) is 4.79 Å². The van der Waals surface area contributed by atoms with Crippen molar-refractivity contribution in [1.82, 2.24) is 10.2 Å². The molecule has 0 radical (unpaired) electrons. The first-order valence-corrected chi connectivity index (χ1v) is 12.2.